The number of amides is 1. The molecule has 1 unspecified atom stereocenters. The van der Waals surface area contributed by atoms with Crippen LogP contribution in [0.5, 0.6) is 0 Å². The number of carbonyl (C=O) groups excluding carboxylic acids is 1. The second-order valence-electron chi connectivity index (χ2n) is 4.37. The van der Waals surface area contributed by atoms with Crippen LogP contribution < -0.4 is 5.73 Å². The van der Waals surface area contributed by atoms with Crippen molar-refractivity contribution in [3.8, 4) is 11.8 Å². The van der Waals surface area contributed by atoms with Crippen LogP contribution in [-0.2, 0) is 0 Å². The molecular weight excluding hydrogens is 244 g/mol. The Kier molecular flexibility index (Phi) is 4.40. The van der Waals surface area contributed by atoms with Gasteiger partial charge in [-0.25, -0.2) is 0 Å². The largest absolute Gasteiger partial charge is 0.335 e. The van der Waals surface area contributed by atoms with Crippen molar-refractivity contribution in [1.29, 1.82) is 0 Å². The summed E-state index contributed by atoms with van der Waals surface area (Å²) in [7, 11) is 0. The van der Waals surface area contributed by atoms with Gasteiger partial charge in [0, 0.05) is 18.2 Å². The van der Waals surface area contributed by atoms with Gasteiger partial charge in [0.25, 0.3) is 5.91 Å². The van der Waals surface area contributed by atoms with Crippen LogP contribution in [-0.4, -0.2) is 29.9 Å². The smallest absolute Gasteiger partial charge is 0.265 e. The fourth-order valence-corrected chi connectivity index (χ4v) is 3.18. The van der Waals surface area contributed by atoms with E-state index in [4.69, 9.17) is 5.73 Å². The van der Waals surface area contributed by atoms with Gasteiger partial charge in [0.1, 0.15) is 4.88 Å². The summed E-state index contributed by atoms with van der Waals surface area (Å²) in [5.41, 5.74) is 6.19. The first-order chi connectivity index (χ1) is 8.77. The van der Waals surface area contributed by atoms with E-state index in [-0.39, 0.29) is 5.91 Å². The zero-order chi connectivity index (χ0) is 13.0. The number of thiophene rings is 1. The molecule has 0 saturated carbocycles. The minimum absolute atomic E-state index is 0.135. The lowest BCUT2D eigenvalue weighted by molar-refractivity contribution is 0.0738. The molecule has 1 aliphatic rings. The molecule has 18 heavy (non-hydrogen) atoms. The molecule has 1 fully saturated rings. The standard InChI is InChI=1S/C14H18N2OS/c1-2-12-6-4-9-16(12)14(17)13-11(5-3-8-15)7-10-18-13/h7,10,12H,2,4,6,8-9,15H2,1H3. The molecule has 4 heteroatoms. The molecule has 2 N–H and O–H groups in total. The fourth-order valence-electron chi connectivity index (χ4n) is 2.38. The Morgan fingerprint density at radius 2 is 2.50 bits per heavy atom. The normalized spacial score (nSPS) is 18.6. The molecule has 1 amide bonds. The maximum absolute atomic E-state index is 12.5. The van der Waals surface area contributed by atoms with Gasteiger partial charge in [0.05, 0.1) is 6.54 Å². The molecule has 0 aliphatic carbocycles. The van der Waals surface area contributed by atoms with Crippen LogP contribution in [0.1, 0.15) is 41.4 Å². The Balaban J connectivity index is 2.21. The molecule has 0 bridgehead atoms. The van der Waals surface area contributed by atoms with Crippen LogP contribution in [0.15, 0.2) is 11.4 Å². The highest BCUT2D eigenvalue weighted by Crippen LogP contribution is 2.25. The van der Waals surface area contributed by atoms with Crippen molar-refractivity contribution >= 4 is 17.2 Å². The summed E-state index contributed by atoms with van der Waals surface area (Å²) in [5, 5.41) is 1.92. The molecule has 3 nitrogen and oxygen atoms in total. The average molecular weight is 262 g/mol. The molecule has 0 aromatic carbocycles. The summed E-state index contributed by atoms with van der Waals surface area (Å²) < 4.78 is 0. The van der Waals surface area contributed by atoms with E-state index in [0.717, 1.165) is 36.2 Å². The maximum atomic E-state index is 12.5. The van der Waals surface area contributed by atoms with Crippen molar-refractivity contribution in [2.45, 2.75) is 32.2 Å². The van der Waals surface area contributed by atoms with Crippen LogP contribution >= 0.6 is 11.3 Å². The first kappa shape index (κ1) is 13.1. The van der Waals surface area contributed by atoms with Crippen molar-refractivity contribution in [2.75, 3.05) is 13.1 Å². The summed E-state index contributed by atoms with van der Waals surface area (Å²) in [6.45, 7) is 3.34. The second kappa shape index (κ2) is 6.03. The predicted octanol–water partition coefficient (Wildman–Crippen LogP) is 2.07. The number of likely N-dealkylation sites (tertiary alicyclic amines) is 1. The quantitative estimate of drug-likeness (QED) is 0.829. The molecule has 1 atom stereocenters. The number of nitrogens with two attached hydrogens (primary N) is 1. The first-order valence-electron chi connectivity index (χ1n) is 6.35. The molecule has 0 spiro atoms. The molecule has 1 aromatic heterocycles. The summed E-state index contributed by atoms with van der Waals surface area (Å²) in [5.74, 6) is 5.93. The minimum Gasteiger partial charge on any atom is -0.335 e. The van der Waals surface area contributed by atoms with Crippen molar-refractivity contribution in [2.24, 2.45) is 5.73 Å². The Morgan fingerprint density at radius 1 is 1.67 bits per heavy atom. The third kappa shape index (κ3) is 2.58. The number of nitrogens with zero attached hydrogens (tertiary/aromatic N) is 1. The van der Waals surface area contributed by atoms with Crippen LogP contribution in [0.25, 0.3) is 0 Å². The highest BCUT2D eigenvalue weighted by molar-refractivity contribution is 7.12. The van der Waals surface area contributed by atoms with Crippen molar-refractivity contribution in [1.82, 2.24) is 4.90 Å². The Labute approximate surface area is 112 Å². The van der Waals surface area contributed by atoms with Gasteiger partial charge < -0.3 is 10.6 Å². The van der Waals surface area contributed by atoms with E-state index in [9.17, 15) is 4.79 Å². The molecule has 2 rings (SSSR count). The van der Waals surface area contributed by atoms with Gasteiger partial charge >= 0.3 is 0 Å². The van der Waals surface area contributed by atoms with E-state index < -0.39 is 0 Å². The van der Waals surface area contributed by atoms with E-state index in [2.05, 4.69) is 18.8 Å². The topological polar surface area (TPSA) is 46.3 Å². The highest BCUT2D eigenvalue weighted by atomic mass is 32.1. The fraction of sp³-hybridized carbons (Fsp3) is 0.500. The average Bonchev–Trinajstić information content (AvgIpc) is 3.03. The van der Waals surface area contributed by atoms with Gasteiger partial charge in [-0.1, -0.05) is 18.8 Å². The number of hydrogen-bond donors (Lipinski definition) is 1. The van der Waals surface area contributed by atoms with Crippen LogP contribution in [0, 0.1) is 11.8 Å². The molecule has 96 valence electrons. The van der Waals surface area contributed by atoms with Gasteiger partial charge in [-0.05, 0) is 30.7 Å². The first-order valence-corrected chi connectivity index (χ1v) is 7.23. The van der Waals surface area contributed by atoms with E-state index in [1.807, 2.05) is 16.3 Å². The van der Waals surface area contributed by atoms with E-state index in [0.29, 0.717) is 12.6 Å². The molecular formula is C14H18N2OS. The van der Waals surface area contributed by atoms with Crippen LogP contribution in [0.4, 0.5) is 0 Å². The third-order valence-corrected chi connectivity index (χ3v) is 4.20. The van der Waals surface area contributed by atoms with E-state index in [1.165, 1.54) is 11.3 Å². The van der Waals surface area contributed by atoms with E-state index in [1.54, 1.807) is 0 Å². The number of rotatable bonds is 2. The van der Waals surface area contributed by atoms with Crippen molar-refractivity contribution in [3.63, 3.8) is 0 Å². The van der Waals surface area contributed by atoms with Gasteiger partial charge in [-0.2, -0.15) is 0 Å². The monoisotopic (exact) mass is 262 g/mol. The maximum Gasteiger partial charge on any atom is 0.265 e. The minimum atomic E-state index is 0.135. The van der Waals surface area contributed by atoms with Crippen LogP contribution in [0.3, 0.4) is 0 Å². The number of carbonyl (C=O) groups is 1. The molecule has 2 heterocycles. The summed E-state index contributed by atoms with van der Waals surface area (Å²) in [4.78, 5) is 15.3. The Bertz CT molecular complexity index is 483. The predicted molar refractivity (Wildman–Crippen MR) is 74.6 cm³/mol. The molecule has 1 aromatic rings. The SMILES string of the molecule is CCC1CCCN1C(=O)c1sccc1C#CCN. The zero-order valence-corrected chi connectivity index (χ0v) is 11.4. The molecule has 1 aliphatic heterocycles. The number of hydrogen-bond acceptors (Lipinski definition) is 3. The van der Waals surface area contributed by atoms with Gasteiger partial charge in [-0.3, -0.25) is 4.79 Å². The summed E-state index contributed by atoms with van der Waals surface area (Å²) in [6.07, 6.45) is 3.26. The van der Waals surface area contributed by atoms with Crippen LogP contribution in [0.2, 0.25) is 0 Å². The lowest BCUT2D eigenvalue weighted by atomic mass is 10.1. The van der Waals surface area contributed by atoms with Gasteiger partial charge in [-0.15, -0.1) is 11.3 Å². The second-order valence-corrected chi connectivity index (χ2v) is 5.29. The summed E-state index contributed by atoms with van der Waals surface area (Å²) >= 11 is 1.47. The van der Waals surface area contributed by atoms with E-state index >= 15 is 0 Å². The highest BCUT2D eigenvalue weighted by Gasteiger charge is 2.29. The van der Waals surface area contributed by atoms with Crippen molar-refractivity contribution < 1.29 is 4.79 Å². The third-order valence-electron chi connectivity index (χ3n) is 3.29. The molecule has 0 radical (unpaired) electrons. The van der Waals surface area contributed by atoms with Crippen molar-refractivity contribution in [3.05, 3.63) is 21.9 Å². The lowest BCUT2D eigenvalue weighted by Crippen LogP contribution is -2.34. The Hall–Kier alpha value is -1.31. The molecule has 1 saturated heterocycles. The lowest BCUT2D eigenvalue weighted by Gasteiger charge is -2.23. The van der Waals surface area contributed by atoms with Gasteiger partial charge in [0.2, 0.25) is 0 Å². The van der Waals surface area contributed by atoms with Gasteiger partial charge in [0.15, 0.2) is 0 Å². The Morgan fingerprint density at radius 3 is 3.22 bits per heavy atom. The zero-order valence-electron chi connectivity index (χ0n) is 10.6. The summed E-state index contributed by atoms with van der Waals surface area (Å²) in [6, 6.07) is 2.30.